The molecular weight excluding hydrogens is 252 g/mol. The Balaban J connectivity index is 2.15. The van der Waals surface area contributed by atoms with Crippen molar-refractivity contribution in [1.29, 1.82) is 0 Å². The molecule has 0 saturated heterocycles. The van der Waals surface area contributed by atoms with Gasteiger partial charge in [-0.1, -0.05) is 32.0 Å². The summed E-state index contributed by atoms with van der Waals surface area (Å²) in [5.41, 5.74) is 1.45. The molecule has 2 nitrogen and oxygen atoms in total. The smallest absolute Gasteiger partial charge is 0.0390 e. The number of benzene rings is 1. The summed E-state index contributed by atoms with van der Waals surface area (Å²) in [6, 6.07) is 9.30. The third-order valence-electron chi connectivity index (χ3n) is 3.86. The van der Waals surface area contributed by atoms with Crippen LogP contribution in [0.25, 0.3) is 10.1 Å². The first kappa shape index (κ1) is 14.5. The van der Waals surface area contributed by atoms with Gasteiger partial charge in [0.25, 0.3) is 0 Å². The Labute approximate surface area is 120 Å². The Morgan fingerprint density at radius 3 is 2.68 bits per heavy atom. The van der Waals surface area contributed by atoms with Gasteiger partial charge in [0.2, 0.25) is 0 Å². The first-order valence-corrected chi connectivity index (χ1v) is 8.03. The summed E-state index contributed by atoms with van der Waals surface area (Å²) in [5, 5.41) is 7.04. The molecule has 1 atom stereocenters. The number of thiophene rings is 1. The second kappa shape index (κ2) is 7.04. The molecule has 1 N–H and O–H groups in total. The zero-order valence-corrected chi connectivity index (χ0v) is 13.0. The molecule has 3 heteroatoms. The fourth-order valence-corrected chi connectivity index (χ4v) is 3.57. The maximum absolute atomic E-state index is 3.48. The van der Waals surface area contributed by atoms with Gasteiger partial charge >= 0.3 is 0 Å². The topological polar surface area (TPSA) is 15.3 Å². The molecule has 0 bridgehead atoms. The van der Waals surface area contributed by atoms with Crippen molar-refractivity contribution in [2.24, 2.45) is 0 Å². The fraction of sp³-hybridized carbons (Fsp3) is 0.500. The molecule has 1 heterocycles. The minimum absolute atomic E-state index is 0.447. The lowest BCUT2D eigenvalue weighted by atomic mass is 10.0. The third-order valence-corrected chi connectivity index (χ3v) is 4.84. The maximum atomic E-state index is 3.48. The number of fused-ring (bicyclic) bond motifs is 1. The monoisotopic (exact) mass is 276 g/mol. The van der Waals surface area contributed by atoms with Crippen molar-refractivity contribution >= 4 is 21.4 Å². The number of nitrogens with zero attached hydrogens (tertiary/aromatic N) is 1. The van der Waals surface area contributed by atoms with Crippen LogP contribution in [-0.4, -0.2) is 31.6 Å². The predicted octanol–water partition coefficient (Wildman–Crippen LogP) is 3.89. The van der Waals surface area contributed by atoms with Gasteiger partial charge < -0.3 is 10.2 Å². The van der Waals surface area contributed by atoms with Crippen LogP contribution >= 0.6 is 11.3 Å². The molecule has 0 saturated carbocycles. The molecule has 0 aliphatic heterocycles. The maximum Gasteiger partial charge on any atom is 0.0390 e. The van der Waals surface area contributed by atoms with Gasteiger partial charge in [0.15, 0.2) is 0 Å². The van der Waals surface area contributed by atoms with Crippen LogP contribution < -0.4 is 5.32 Å². The molecule has 0 spiro atoms. The Morgan fingerprint density at radius 1 is 1.21 bits per heavy atom. The highest BCUT2D eigenvalue weighted by molar-refractivity contribution is 7.17. The Kier molecular flexibility index (Phi) is 5.37. The minimum atomic E-state index is 0.447. The third kappa shape index (κ3) is 3.35. The van der Waals surface area contributed by atoms with E-state index in [9.17, 15) is 0 Å². The molecule has 19 heavy (non-hydrogen) atoms. The van der Waals surface area contributed by atoms with Gasteiger partial charge in [0.05, 0.1) is 0 Å². The van der Waals surface area contributed by atoms with Gasteiger partial charge in [-0.3, -0.25) is 0 Å². The molecule has 2 rings (SSSR count). The van der Waals surface area contributed by atoms with Crippen molar-refractivity contribution in [2.75, 3.05) is 26.7 Å². The van der Waals surface area contributed by atoms with E-state index >= 15 is 0 Å². The molecule has 0 aliphatic rings. The largest absolute Gasteiger partial charge is 0.313 e. The highest BCUT2D eigenvalue weighted by Gasteiger charge is 2.14. The quantitative estimate of drug-likeness (QED) is 0.825. The second-order valence-electron chi connectivity index (χ2n) is 4.84. The predicted molar refractivity (Wildman–Crippen MR) is 86.0 cm³/mol. The average molecular weight is 276 g/mol. The summed E-state index contributed by atoms with van der Waals surface area (Å²) >= 11 is 1.85. The van der Waals surface area contributed by atoms with Crippen LogP contribution in [0.3, 0.4) is 0 Å². The Hall–Kier alpha value is -0.900. The molecule has 1 aromatic carbocycles. The number of nitrogens with one attached hydrogen (secondary N) is 1. The first-order valence-electron chi connectivity index (χ1n) is 7.15. The molecule has 0 aliphatic carbocycles. The highest BCUT2D eigenvalue weighted by atomic mass is 32.1. The first-order chi connectivity index (χ1) is 9.30. The molecule has 104 valence electrons. The molecule has 1 unspecified atom stereocenters. The van der Waals surface area contributed by atoms with E-state index in [0.717, 1.165) is 26.1 Å². The van der Waals surface area contributed by atoms with Gasteiger partial charge in [-0.2, -0.15) is 0 Å². The van der Waals surface area contributed by atoms with Crippen LogP contribution in [0.2, 0.25) is 0 Å². The Bertz CT molecular complexity index is 502. The van der Waals surface area contributed by atoms with Crippen molar-refractivity contribution in [3.8, 4) is 0 Å². The van der Waals surface area contributed by atoms with Crippen molar-refractivity contribution in [3.05, 3.63) is 35.2 Å². The molecular formula is C16H24N2S. The summed E-state index contributed by atoms with van der Waals surface area (Å²) < 4.78 is 1.43. The zero-order chi connectivity index (χ0) is 13.7. The molecule has 1 aromatic heterocycles. The lowest BCUT2D eigenvalue weighted by molar-refractivity contribution is 0.285. The summed E-state index contributed by atoms with van der Waals surface area (Å²) in [6.07, 6.45) is 1.16. The van der Waals surface area contributed by atoms with Gasteiger partial charge in [-0.15, -0.1) is 11.3 Å². The van der Waals surface area contributed by atoms with Crippen molar-refractivity contribution in [2.45, 2.75) is 26.3 Å². The van der Waals surface area contributed by atoms with E-state index in [1.807, 2.05) is 11.3 Å². The molecule has 2 aromatic rings. The summed E-state index contributed by atoms with van der Waals surface area (Å²) in [4.78, 5) is 2.49. The van der Waals surface area contributed by atoms with Gasteiger partial charge in [0, 0.05) is 10.7 Å². The molecule has 0 amide bonds. The van der Waals surface area contributed by atoms with E-state index in [-0.39, 0.29) is 0 Å². The second-order valence-corrected chi connectivity index (χ2v) is 5.76. The molecule has 0 fully saturated rings. The van der Waals surface area contributed by atoms with E-state index in [1.165, 1.54) is 15.6 Å². The lowest BCUT2D eigenvalue weighted by Gasteiger charge is -2.23. The average Bonchev–Trinajstić information content (AvgIpc) is 2.92. The Morgan fingerprint density at radius 2 is 2.00 bits per heavy atom. The van der Waals surface area contributed by atoms with E-state index < -0.39 is 0 Å². The molecule has 0 radical (unpaired) electrons. The van der Waals surface area contributed by atoms with Crippen LogP contribution in [0.1, 0.15) is 31.9 Å². The van der Waals surface area contributed by atoms with Crippen LogP contribution in [0, 0.1) is 0 Å². The van der Waals surface area contributed by atoms with Crippen molar-refractivity contribution < 1.29 is 0 Å². The van der Waals surface area contributed by atoms with Crippen LogP contribution in [-0.2, 0) is 0 Å². The fourth-order valence-electron chi connectivity index (χ4n) is 2.60. The van der Waals surface area contributed by atoms with Gasteiger partial charge in [-0.05, 0) is 55.5 Å². The highest BCUT2D eigenvalue weighted by Crippen LogP contribution is 2.30. The summed E-state index contributed by atoms with van der Waals surface area (Å²) in [7, 11) is 2.07. The normalized spacial score (nSPS) is 13.3. The van der Waals surface area contributed by atoms with Gasteiger partial charge in [-0.25, -0.2) is 0 Å². The number of hydrogen-bond acceptors (Lipinski definition) is 3. The van der Waals surface area contributed by atoms with E-state index in [1.54, 1.807) is 0 Å². The van der Waals surface area contributed by atoms with Crippen molar-refractivity contribution in [1.82, 2.24) is 10.2 Å². The van der Waals surface area contributed by atoms with Crippen LogP contribution in [0.5, 0.6) is 0 Å². The van der Waals surface area contributed by atoms with E-state index in [0.29, 0.717) is 6.04 Å². The number of rotatable bonds is 7. The standard InChI is InChI=1S/C16H24N2S/c1-4-18(5-2)11-9-15(17-3)14-8-6-7-13-10-12-19-16(13)14/h6-8,10,12,15,17H,4-5,9,11H2,1-3H3. The van der Waals surface area contributed by atoms with Crippen LogP contribution in [0.4, 0.5) is 0 Å². The zero-order valence-electron chi connectivity index (χ0n) is 12.1. The van der Waals surface area contributed by atoms with E-state index in [4.69, 9.17) is 0 Å². The van der Waals surface area contributed by atoms with Crippen LogP contribution in [0.15, 0.2) is 29.6 Å². The number of hydrogen-bond donors (Lipinski definition) is 1. The lowest BCUT2D eigenvalue weighted by Crippen LogP contribution is -2.28. The minimum Gasteiger partial charge on any atom is -0.313 e. The van der Waals surface area contributed by atoms with E-state index in [2.05, 4.69) is 60.8 Å². The van der Waals surface area contributed by atoms with Gasteiger partial charge in [0.1, 0.15) is 0 Å². The SMILES string of the molecule is CCN(CC)CCC(NC)c1cccc2ccsc12. The summed E-state index contributed by atoms with van der Waals surface area (Å²) in [5.74, 6) is 0. The summed E-state index contributed by atoms with van der Waals surface area (Å²) in [6.45, 7) is 7.89. The van der Waals surface area contributed by atoms with Crippen molar-refractivity contribution in [3.63, 3.8) is 0 Å².